The molecule has 0 radical (unpaired) electrons. The van der Waals surface area contributed by atoms with Crippen molar-refractivity contribution >= 4 is 5.91 Å². The largest absolute Gasteiger partial charge is 0.338 e. The van der Waals surface area contributed by atoms with Crippen molar-refractivity contribution in [1.82, 2.24) is 10.2 Å². The highest BCUT2D eigenvalue weighted by Crippen LogP contribution is 2.39. The van der Waals surface area contributed by atoms with Crippen LogP contribution >= 0.6 is 0 Å². The first-order chi connectivity index (χ1) is 10.0. The first-order valence-corrected chi connectivity index (χ1v) is 7.16. The Morgan fingerprint density at radius 1 is 1.10 bits per heavy atom. The van der Waals surface area contributed by atoms with Gasteiger partial charge in [0, 0.05) is 13.1 Å². The minimum atomic E-state index is -1.59. The van der Waals surface area contributed by atoms with Crippen LogP contribution in [0, 0.1) is 22.9 Å². The van der Waals surface area contributed by atoms with Crippen molar-refractivity contribution in [3.8, 4) is 0 Å². The lowest BCUT2D eigenvalue weighted by Gasteiger charge is -2.33. The summed E-state index contributed by atoms with van der Waals surface area (Å²) in [4.78, 5) is 13.9. The minimum absolute atomic E-state index is 0.0932. The molecule has 2 aliphatic rings. The molecule has 2 heterocycles. The topological polar surface area (TPSA) is 32.3 Å². The predicted molar refractivity (Wildman–Crippen MR) is 71.4 cm³/mol. The van der Waals surface area contributed by atoms with E-state index in [0.29, 0.717) is 13.1 Å². The number of nitrogens with zero attached hydrogens (tertiary/aromatic N) is 1. The summed E-state index contributed by atoms with van der Waals surface area (Å²) in [6.45, 7) is 2.94. The summed E-state index contributed by atoms with van der Waals surface area (Å²) in [5.74, 6) is -4.81. The Hall–Kier alpha value is -1.56. The van der Waals surface area contributed by atoms with Gasteiger partial charge in [-0.1, -0.05) is 0 Å². The highest BCUT2D eigenvalue weighted by atomic mass is 19.2. The van der Waals surface area contributed by atoms with Crippen molar-refractivity contribution in [1.29, 1.82) is 0 Å². The van der Waals surface area contributed by atoms with Crippen LogP contribution in [0.5, 0.6) is 0 Å². The zero-order chi connectivity index (χ0) is 15.0. The van der Waals surface area contributed by atoms with Gasteiger partial charge in [0.15, 0.2) is 17.5 Å². The molecule has 2 aliphatic heterocycles. The monoisotopic (exact) mass is 298 g/mol. The van der Waals surface area contributed by atoms with Gasteiger partial charge < -0.3 is 10.2 Å². The Balaban J connectivity index is 1.79. The highest BCUT2D eigenvalue weighted by Gasteiger charge is 2.41. The van der Waals surface area contributed by atoms with Crippen LogP contribution in [-0.2, 0) is 0 Å². The number of carbonyl (C=O) groups is 1. The highest BCUT2D eigenvalue weighted by molar-refractivity contribution is 5.94. The van der Waals surface area contributed by atoms with Gasteiger partial charge in [0.2, 0.25) is 0 Å². The van der Waals surface area contributed by atoms with Gasteiger partial charge >= 0.3 is 0 Å². The van der Waals surface area contributed by atoms with Gasteiger partial charge in [-0.25, -0.2) is 13.2 Å². The van der Waals surface area contributed by atoms with Crippen molar-refractivity contribution in [2.45, 2.75) is 19.3 Å². The number of carbonyl (C=O) groups excluding carboxylic acids is 1. The molecule has 1 aromatic carbocycles. The minimum Gasteiger partial charge on any atom is -0.338 e. The van der Waals surface area contributed by atoms with Crippen LogP contribution in [0.25, 0.3) is 0 Å². The molecule has 0 atom stereocenters. The standard InChI is InChI=1S/C15H17F3N2O/c16-11-2-1-10(12(17)13(11)18)14(21)20-8-5-15(9-20)3-6-19-7-4-15/h1-2,19H,3-9H2. The van der Waals surface area contributed by atoms with E-state index in [1.807, 2.05) is 0 Å². The van der Waals surface area contributed by atoms with E-state index in [1.165, 1.54) is 0 Å². The van der Waals surface area contributed by atoms with E-state index < -0.39 is 23.4 Å². The first kappa shape index (κ1) is 14.4. The zero-order valence-corrected chi connectivity index (χ0v) is 11.6. The lowest BCUT2D eigenvalue weighted by atomic mass is 9.78. The fourth-order valence-corrected chi connectivity index (χ4v) is 3.34. The summed E-state index contributed by atoms with van der Waals surface area (Å²) >= 11 is 0. The number of hydrogen-bond donors (Lipinski definition) is 1. The van der Waals surface area contributed by atoms with E-state index in [2.05, 4.69) is 5.32 Å². The lowest BCUT2D eigenvalue weighted by molar-refractivity contribution is 0.0756. The summed E-state index contributed by atoms with van der Waals surface area (Å²) in [5.41, 5.74) is -0.296. The molecule has 3 rings (SSSR count). The number of nitrogens with one attached hydrogen (secondary N) is 1. The molecule has 0 unspecified atom stereocenters. The van der Waals surface area contributed by atoms with Crippen LogP contribution < -0.4 is 5.32 Å². The van der Waals surface area contributed by atoms with Gasteiger partial charge in [0.1, 0.15) is 0 Å². The van der Waals surface area contributed by atoms with Crippen molar-refractivity contribution in [2.75, 3.05) is 26.2 Å². The molecule has 2 saturated heterocycles. The molecule has 114 valence electrons. The third-order valence-corrected chi connectivity index (χ3v) is 4.66. The first-order valence-electron chi connectivity index (χ1n) is 7.16. The van der Waals surface area contributed by atoms with Crippen molar-refractivity contribution < 1.29 is 18.0 Å². The molecule has 0 saturated carbocycles. The van der Waals surface area contributed by atoms with Crippen LogP contribution in [0.2, 0.25) is 0 Å². The number of piperidine rings is 1. The molecule has 0 bridgehead atoms. The van der Waals surface area contributed by atoms with E-state index in [0.717, 1.165) is 44.5 Å². The number of halogens is 3. The molecule has 1 spiro atoms. The summed E-state index contributed by atoms with van der Waals surface area (Å²) in [5, 5.41) is 3.28. The van der Waals surface area contributed by atoms with Gasteiger partial charge in [-0.05, 0) is 49.9 Å². The van der Waals surface area contributed by atoms with E-state index >= 15 is 0 Å². The van der Waals surface area contributed by atoms with E-state index in [9.17, 15) is 18.0 Å². The predicted octanol–water partition coefficient (Wildman–Crippen LogP) is 2.32. The van der Waals surface area contributed by atoms with E-state index in [4.69, 9.17) is 0 Å². The van der Waals surface area contributed by atoms with Crippen molar-refractivity contribution in [2.24, 2.45) is 5.41 Å². The summed E-state index contributed by atoms with van der Waals surface area (Å²) in [6.07, 6.45) is 2.85. The Morgan fingerprint density at radius 2 is 1.81 bits per heavy atom. The normalized spacial score (nSPS) is 21.0. The zero-order valence-electron chi connectivity index (χ0n) is 11.6. The number of hydrogen-bond acceptors (Lipinski definition) is 2. The second kappa shape index (κ2) is 5.33. The average Bonchev–Trinajstić information content (AvgIpc) is 2.89. The van der Waals surface area contributed by atoms with Crippen LogP contribution in [0.3, 0.4) is 0 Å². The molecule has 2 fully saturated rings. The summed E-state index contributed by atoms with van der Waals surface area (Å²) in [6, 6.07) is 1.81. The van der Waals surface area contributed by atoms with Crippen molar-refractivity contribution in [3.63, 3.8) is 0 Å². The third kappa shape index (κ3) is 2.52. The fourth-order valence-electron chi connectivity index (χ4n) is 3.34. The number of rotatable bonds is 1. The second-order valence-corrected chi connectivity index (χ2v) is 5.95. The summed E-state index contributed by atoms with van der Waals surface area (Å²) < 4.78 is 39.9. The maximum absolute atomic E-state index is 13.7. The molecule has 1 aromatic rings. The second-order valence-electron chi connectivity index (χ2n) is 5.95. The smallest absolute Gasteiger partial charge is 0.256 e. The molecule has 1 N–H and O–H groups in total. The molecule has 1 amide bonds. The van der Waals surface area contributed by atoms with E-state index in [1.54, 1.807) is 4.90 Å². The molecule has 21 heavy (non-hydrogen) atoms. The van der Waals surface area contributed by atoms with Gasteiger partial charge in [-0.3, -0.25) is 4.79 Å². The van der Waals surface area contributed by atoms with Crippen LogP contribution in [-0.4, -0.2) is 37.0 Å². The SMILES string of the molecule is O=C(c1ccc(F)c(F)c1F)N1CCC2(CCNCC2)C1. The summed E-state index contributed by atoms with van der Waals surface area (Å²) in [7, 11) is 0. The van der Waals surface area contributed by atoms with Gasteiger partial charge in [0.05, 0.1) is 5.56 Å². The van der Waals surface area contributed by atoms with Crippen LogP contribution in [0.1, 0.15) is 29.6 Å². The van der Waals surface area contributed by atoms with Crippen molar-refractivity contribution in [3.05, 3.63) is 35.1 Å². The molecular weight excluding hydrogens is 281 g/mol. The quantitative estimate of drug-likeness (QED) is 0.807. The van der Waals surface area contributed by atoms with Crippen LogP contribution in [0.15, 0.2) is 12.1 Å². The van der Waals surface area contributed by atoms with E-state index in [-0.39, 0.29) is 11.0 Å². The number of benzene rings is 1. The molecule has 3 nitrogen and oxygen atoms in total. The number of amides is 1. The Bertz CT molecular complexity index is 570. The molecule has 6 heteroatoms. The fraction of sp³-hybridized carbons (Fsp3) is 0.533. The number of likely N-dealkylation sites (tertiary alicyclic amines) is 1. The Labute approximate surface area is 121 Å². The average molecular weight is 298 g/mol. The third-order valence-electron chi connectivity index (χ3n) is 4.66. The lowest BCUT2D eigenvalue weighted by Crippen LogP contribution is -2.40. The Kier molecular flexibility index (Phi) is 3.65. The van der Waals surface area contributed by atoms with Gasteiger partial charge in [-0.2, -0.15) is 0 Å². The molecular formula is C15H17F3N2O. The van der Waals surface area contributed by atoms with Crippen LogP contribution in [0.4, 0.5) is 13.2 Å². The maximum Gasteiger partial charge on any atom is 0.256 e. The van der Waals surface area contributed by atoms with Gasteiger partial charge in [0.25, 0.3) is 5.91 Å². The Morgan fingerprint density at radius 3 is 2.52 bits per heavy atom. The molecule has 0 aliphatic carbocycles. The van der Waals surface area contributed by atoms with Gasteiger partial charge in [-0.15, -0.1) is 0 Å². The maximum atomic E-state index is 13.7. The molecule has 0 aromatic heterocycles.